The van der Waals surface area contributed by atoms with Crippen LogP contribution in [0.5, 0.6) is 11.5 Å². The van der Waals surface area contributed by atoms with Gasteiger partial charge in [-0.05, 0) is 78.4 Å². The SMILES string of the molecule is O=C(CSc1nc2ccccc2c(=O)n1Cc1ccc2c(c1)OCO2)NNC(=S)Nc1ccc(S(=O)(=O)Nc2ccc(Cl)nn2)cc1. The van der Waals surface area contributed by atoms with Crippen molar-refractivity contribution in [3.63, 3.8) is 0 Å². The van der Waals surface area contributed by atoms with Gasteiger partial charge in [-0.3, -0.25) is 29.7 Å². The number of rotatable bonds is 9. The topological polar surface area (TPSA) is 178 Å². The molecule has 18 heteroatoms. The lowest BCUT2D eigenvalue weighted by molar-refractivity contribution is -0.119. The van der Waals surface area contributed by atoms with Gasteiger partial charge in [-0.2, -0.15) is 0 Å². The van der Waals surface area contributed by atoms with Crippen molar-refractivity contribution in [2.75, 3.05) is 22.6 Å². The molecule has 14 nitrogen and oxygen atoms in total. The summed E-state index contributed by atoms with van der Waals surface area (Å²) in [6.07, 6.45) is 0. The second-order valence-electron chi connectivity index (χ2n) is 9.78. The summed E-state index contributed by atoms with van der Waals surface area (Å²) in [5, 5.41) is 11.1. The van der Waals surface area contributed by atoms with E-state index >= 15 is 0 Å². The second kappa shape index (κ2) is 13.8. The van der Waals surface area contributed by atoms with Crippen LogP contribution in [0.3, 0.4) is 0 Å². The first-order chi connectivity index (χ1) is 22.6. The highest BCUT2D eigenvalue weighted by molar-refractivity contribution is 7.99. The highest BCUT2D eigenvalue weighted by Crippen LogP contribution is 2.33. The molecule has 0 spiro atoms. The number of nitrogens with one attached hydrogen (secondary N) is 4. The number of aromatic nitrogens is 4. The summed E-state index contributed by atoms with van der Waals surface area (Å²) in [7, 11) is -3.93. The first kappa shape index (κ1) is 32.0. The Labute approximate surface area is 281 Å². The molecule has 0 radical (unpaired) electrons. The van der Waals surface area contributed by atoms with E-state index in [0.717, 1.165) is 17.3 Å². The lowest BCUT2D eigenvalue weighted by Crippen LogP contribution is -2.44. The van der Waals surface area contributed by atoms with E-state index in [0.29, 0.717) is 33.2 Å². The van der Waals surface area contributed by atoms with Crippen LogP contribution in [0.2, 0.25) is 5.15 Å². The van der Waals surface area contributed by atoms with E-state index in [1.54, 1.807) is 30.3 Å². The van der Waals surface area contributed by atoms with Gasteiger partial charge in [0.25, 0.3) is 15.6 Å². The van der Waals surface area contributed by atoms with Crippen molar-refractivity contribution in [3.05, 3.63) is 99.9 Å². The molecule has 0 atom stereocenters. The Kier molecular flexibility index (Phi) is 9.39. The minimum atomic E-state index is -3.93. The smallest absolute Gasteiger partial charge is 0.263 e. The molecule has 2 aromatic heterocycles. The molecule has 5 aromatic rings. The number of carbonyl (C=O) groups is 1. The monoisotopic (exact) mass is 710 g/mol. The minimum Gasteiger partial charge on any atom is -0.454 e. The van der Waals surface area contributed by atoms with Crippen LogP contribution in [0.4, 0.5) is 11.5 Å². The Hall–Kier alpha value is -4.97. The number of nitrogens with zero attached hydrogens (tertiary/aromatic N) is 4. The fourth-order valence-corrected chi connectivity index (χ4v) is 6.42. The summed E-state index contributed by atoms with van der Waals surface area (Å²) in [4.78, 5) is 30.8. The molecule has 1 aliphatic heterocycles. The molecule has 4 N–H and O–H groups in total. The van der Waals surface area contributed by atoms with E-state index in [1.165, 1.54) is 41.0 Å². The van der Waals surface area contributed by atoms with E-state index in [1.807, 2.05) is 12.1 Å². The number of para-hydroxylation sites is 1. The third kappa shape index (κ3) is 7.71. The molecule has 3 heterocycles. The number of ether oxygens (including phenoxy) is 2. The number of thioether (sulfide) groups is 1. The number of fused-ring (bicyclic) bond motifs is 2. The highest BCUT2D eigenvalue weighted by atomic mass is 35.5. The van der Waals surface area contributed by atoms with Crippen LogP contribution in [0.25, 0.3) is 10.9 Å². The van der Waals surface area contributed by atoms with Crippen LogP contribution in [0, 0.1) is 0 Å². The van der Waals surface area contributed by atoms with E-state index in [4.69, 9.17) is 33.3 Å². The largest absolute Gasteiger partial charge is 0.454 e. The molecular formula is C29H23ClN8O6S3. The lowest BCUT2D eigenvalue weighted by atomic mass is 10.2. The Morgan fingerprint density at radius 2 is 1.77 bits per heavy atom. The number of amides is 1. The summed E-state index contributed by atoms with van der Waals surface area (Å²) in [6.45, 7) is 0.338. The van der Waals surface area contributed by atoms with Crippen LogP contribution in [0.15, 0.2) is 93.7 Å². The van der Waals surface area contributed by atoms with Crippen LogP contribution in [0.1, 0.15) is 5.56 Å². The van der Waals surface area contributed by atoms with E-state index in [-0.39, 0.29) is 45.6 Å². The zero-order valence-electron chi connectivity index (χ0n) is 24.0. The van der Waals surface area contributed by atoms with Crippen molar-refractivity contribution in [1.29, 1.82) is 0 Å². The summed E-state index contributed by atoms with van der Waals surface area (Å²) < 4.78 is 40.0. The van der Waals surface area contributed by atoms with Crippen LogP contribution in [-0.4, -0.2) is 51.7 Å². The third-order valence-corrected chi connectivity index (χ3v) is 9.30. The minimum absolute atomic E-state index is 0.0141. The predicted octanol–water partition coefficient (Wildman–Crippen LogP) is 3.53. The van der Waals surface area contributed by atoms with E-state index in [2.05, 4.69) is 36.1 Å². The molecule has 3 aromatic carbocycles. The Balaban J connectivity index is 1.05. The molecule has 1 aliphatic rings. The van der Waals surface area contributed by atoms with Gasteiger partial charge in [0.2, 0.25) is 12.7 Å². The van der Waals surface area contributed by atoms with Gasteiger partial charge in [0.15, 0.2) is 32.7 Å². The summed E-state index contributed by atoms with van der Waals surface area (Å²) >= 11 is 12.0. The summed E-state index contributed by atoms with van der Waals surface area (Å²) in [5.41, 5.74) is 6.64. The fraction of sp³-hybridized carbons (Fsp3) is 0.103. The maximum atomic E-state index is 13.5. The van der Waals surface area contributed by atoms with Crippen molar-refractivity contribution in [2.45, 2.75) is 16.6 Å². The van der Waals surface area contributed by atoms with Gasteiger partial charge in [0, 0.05) is 5.69 Å². The van der Waals surface area contributed by atoms with Gasteiger partial charge in [-0.15, -0.1) is 10.2 Å². The molecule has 0 fully saturated rings. The average Bonchev–Trinajstić information content (AvgIpc) is 3.54. The third-order valence-electron chi connectivity index (χ3n) is 6.55. The molecule has 0 unspecified atom stereocenters. The molecular weight excluding hydrogens is 688 g/mol. The van der Waals surface area contributed by atoms with Crippen molar-refractivity contribution in [2.24, 2.45) is 0 Å². The number of hydrogen-bond acceptors (Lipinski definition) is 11. The average molecular weight is 711 g/mol. The number of hydrogen-bond donors (Lipinski definition) is 4. The summed E-state index contributed by atoms with van der Waals surface area (Å²) in [6, 6.07) is 21.0. The Morgan fingerprint density at radius 1 is 0.979 bits per heavy atom. The lowest BCUT2D eigenvalue weighted by Gasteiger charge is -2.14. The number of sulfonamides is 1. The van der Waals surface area contributed by atoms with E-state index < -0.39 is 15.9 Å². The number of carbonyl (C=O) groups excluding carboxylic acids is 1. The highest BCUT2D eigenvalue weighted by Gasteiger charge is 2.18. The number of benzene rings is 3. The van der Waals surface area contributed by atoms with Gasteiger partial charge in [0.05, 0.1) is 28.1 Å². The quantitative estimate of drug-likeness (QED) is 0.0757. The zero-order chi connectivity index (χ0) is 33.0. The summed E-state index contributed by atoms with van der Waals surface area (Å²) in [5.74, 6) is 0.719. The van der Waals surface area contributed by atoms with Gasteiger partial charge in [-0.1, -0.05) is 41.6 Å². The van der Waals surface area contributed by atoms with E-state index in [9.17, 15) is 18.0 Å². The first-order valence-electron chi connectivity index (χ1n) is 13.6. The van der Waals surface area contributed by atoms with Gasteiger partial charge >= 0.3 is 0 Å². The number of anilines is 2. The molecule has 6 rings (SSSR count). The normalized spacial score (nSPS) is 12.0. The van der Waals surface area contributed by atoms with Crippen molar-refractivity contribution < 1.29 is 22.7 Å². The first-order valence-corrected chi connectivity index (χ1v) is 16.9. The van der Waals surface area contributed by atoms with Crippen molar-refractivity contribution >= 4 is 79.0 Å². The molecule has 47 heavy (non-hydrogen) atoms. The van der Waals surface area contributed by atoms with Crippen molar-refractivity contribution in [1.82, 2.24) is 30.6 Å². The number of hydrazine groups is 1. The Bertz CT molecular complexity index is 2150. The Morgan fingerprint density at radius 3 is 2.55 bits per heavy atom. The molecule has 240 valence electrons. The van der Waals surface area contributed by atoms with Crippen LogP contribution >= 0.6 is 35.6 Å². The maximum absolute atomic E-state index is 13.5. The molecule has 0 bridgehead atoms. The van der Waals surface area contributed by atoms with Crippen LogP contribution in [-0.2, 0) is 21.4 Å². The van der Waals surface area contributed by atoms with Crippen LogP contribution < -0.4 is 35.9 Å². The van der Waals surface area contributed by atoms with Gasteiger partial charge in [-0.25, -0.2) is 13.4 Å². The van der Waals surface area contributed by atoms with Gasteiger partial charge in [0.1, 0.15) is 0 Å². The fourth-order valence-electron chi connectivity index (χ4n) is 4.36. The van der Waals surface area contributed by atoms with Crippen molar-refractivity contribution in [3.8, 4) is 11.5 Å². The van der Waals surface area contributed by atoms with Gasteiger partial charge < -0.3 is 14.8 Å². The molecule has 0 saturated heterocycles. The maximum Gasteiger partial charge on any atom is 0.263 e. The number of thiocarbonyl (C=S) groups is 1. The number of halogens is 1. The zero-order valence-corrected chi connectivity index (χ0v) is 27.2. The molecule has 1 amide bonds. The molecule has 0 aliphatic carbocycles. The second-order valence-corrected chi connectivity index (χ2v) is 13.2. The predicted molar refractivity (Wildman–Crippen MR) is 180 cm³/mol. The standard InChI is InChI=1S/C29H23ClN8O6S3/c30-24-11-12-25(34-33-24)37-47(41,42)19-8-6-18(7-9-19)31-28(45)36-35-26(39)15-46-29-32-21-4-2-1-3-20(21)27(40)38(29)14-17-5-10-22-23(13-17)44-16-43-22/h1-13H,14-16H2,(H,34,37)(H,35,39)(H2,31,36,45). The molecule has 0 saturated carbocycles.